The van der Waals surface area contributed by atoms with E-state index >= 15 is 0 Å². The molecule has 1 fully saturated rings. The van der Waals surface area contributed by atoms with Crippen LogP contribution in [0, 0.1) is 0 Å². The molecule has 0 spiro atoms. The number of nitrogens with one attached hydrogen (secondary N) is 1. The Hall–Kier alpha value is -0.950. The van der Waals surface area contributed by atoms with Crippen LogP contribution in [0.3, 0.4) is 0 Å². The van der Waals surface area contributed by atoms with E-state index in [2.05, 4.69) is 16.8 Å². The number of nitrogens with zero attached hydrogens (tertiary/aromatic N) is 1. The summed E-state index contributed by atoms with van der Waals surface area (Å²) in [4.78, 5) is 14.2. The zero-order chi connectivity index (χ0) is 14.4. The molecular weight excluding hydrogens is 276 g/mol. The summed E-state index contributed by atoms with van der Waals surface area (Å²) in [7, 11) is 1.65. The van der Waals surface area contributed by atoms with Crippen LogP contribution in [0.5, 0.6) is 0 Å². The van der Waals surface area contributed by atoms with E-state index in [1.807, 2.05) is 17.2 Å². The Morgan fingerprint density at radius 3 is 2.90 bits per heavy atom. The van der Waals surface area contributed by atoms with Crippen molar-refractivity contribution in [3.63, 3.8) is 0 Å². The van der Waals surface area contributed by atoms with Gasteiger partial charge >= 0.3 is 0 Å². The van der Waals surface area contributed by atoms with Gasteiger partial charge in [0.2, 0.25) is 5.91 Å². The lowest BCUT2D eigenvalue weighted by atomic mass is 10.2. The van der Waals surface area contributed by atoms with Gasteiger partial charge in [0.25, 0.3) is 0 Å². The lowest BCUT2D eigenvalue weighted by molar-refractivity contribution is -0.131. The van der Waals surface area contributed by atoms with Crippen LogP contribution >= 0.6 is 11.3 Å². The molecule has 20 heavy (non-hydrogen) atoms. The maximum atomic E-state index is 12.3. The molecule has 0 aliphatic carbocycles. The van der Waals surface area contributed by atoms with Crippen LogP contribution in [-0.2, 0) is 14.3 Å². The molecule has 1 aliphatic rings. The highest BCUT2D eigenvalue weighted by atomic mass is 32.1. The Labute approximate surface area is 123 Å². The van der Waals surface area contributed by atoms with Crippen LogP contribution in [0.15, 0.2) is 16.8 Å². The van der Waals surface area contributed by atoms with Crippen molar-refractivity contribution in [1.82, 2.24) is 10.2 Å². The average molecular weight is 298 g/mol. The van der Waals surface area contributed by atoms with E-state index in [0.29, 0.717) is 26.4 Å². The minimum Gasteiger partial charge on any atom is -0.382 e. The van der Waals surface area contributed by atoms with Crippen LogP contribution in [-0.4, -0.2) is 50.3 Å². The summed E-state index contributed by atoms with van der Waals surface area (Å²) in [6.45, 7) is 4.31. The molecule has 0 aromatic carbocycles. The number of carbonyl (C=O) groups is 1. The van der Waals surface area contributed by atoms with E-state index in [1.165, 1.54) is 0 Å². The molecule has 112 valence electrons. The first-order chi connectivity index (χ1) is 9.77. The van der Waals surface area contributed by atoms with Crippen molar-refractivity contribution in [2.75, 3.05) is 33.5 Å². The average Bonchev–Trinajstić information content (AvgIpc) is 3.07. The molecule has 5 nitrogen and oxygen atoms in total. The number of amides is 1. The molecule has 2 heterocycles. The SMILES string of the molecule is CCC1NC(c2ccsc2)N(CCOCCOC)C1=O. The number of thiophene rings is 1. The van der Waals surface area contributed by atoms with Crippen molar-refractivity contribution in [2.45, 2.75) is 25.6 Å². The van der Waals surface area contributed by atoms with Crippen molar-refractivity contribution < 1.29 is 14.3 Å². The predicted molar refractivity (Wildman–Crippen MR) is 78.7 cm³/mol. The number of hydrogen-bond donors (Lipinski definition) is 1. The maximum absolute atomic E-state index is 12.3. The van der Waals surface area contributed by atoms with Gasteiger partial charge in [-0.15, -0.1) is 0 Å². The van der Waals surface area contributed by atoms with Crippen molar-refractivity contribution in [2.24, 2.45) is 0 Å². The Bertz CT molecular complexity index is 411. The number of rotatable bonds is 8. The molecule has 0 saturated carbocycles. The van der Waals surface area contributed by atoms with Gasteiger partial charge in [0.1, 0.15) is 6.17 Å². The van der Waals surface area contributed by atoms with Gasteiger partial charge in [-0.3, -0.25) is 10.1 Å². The molecular formula is C14H22N2O3S. The highest BCUT2D eigenvalue weighted by Crippen LogP contribution is 2.27. The van der Waals surface area contributed by atoms with E-state index in [0.717, 1.165) is 12.0 Å². The third-order valence-electron chi connectivity index (χ3n) is 3.43. The van der Waals surface area contributed by atoms with Crippen LogP contribution in [0.2, 0.25) is 0 Å². The number of hydrogen-bond acceptors (Lipinski definition) is 5. The van der Waals surface area contributed by atoms with E-state index in [4.69, 9.17) is 9.47 Å². The Kier molecular flexibility index (Phi) is 5.97. The third-order valence-corrected chi connectivity index (χ3v) is 4.13. The van der Waals surface area contributed by atoms with Gasteiger partial charge in [-0.2, -0.15) is 11.3 Å². The van der Waals surface area contributed by atoms with Crippen LogP contribution in [0.1, 0.15) is 25.1 Å². The monoisotopic (exact) mass is 298 g/mol. The molecule has 1 saturated heterocycles. The predicted octanol–water partition coefficient (Wildman–Crippen LogP) is 1.62. The highest BCUT2D eigenvalue weighted by Gasteiger charge is 2.38. The van der Waals surface area contributed by atoms with Gasteiger partial charge in [-0.25, -0.2) is 0 Å². The minimum atomic E-state index is -0.0844. The Balaban J connectivity index is 1.93. The van der Waals surface area contributed by atoms with Gasteiger partial charge in [0.15, 0.2) is 0 Å². The summed E-state index contributed by atoms with van der Waals surface area (Å²) in [6, 6.07) is 1.98. The summed E-state index contributed by atoms with van der Waals surface area (Å²) in [5.74, 6) is 0.166. The first-order valence-electron chi connectivity index (χ1n) is 6.93. The number of ether oxygens (including phenoxy) is 2. The summed E-state index contributed by atoms with van der Waals surface area (Å²) < 4.78 is 10.4. The second-order valence-electron chi connectivity index (χ2n) is 4.72. The van der Waals surface area contributed by atoms with Crippen LogP contribution in [0.25, 0.3) is 0 Å². The van der Waals surface area contributed by atoms with Gasteiger partial charge < -0.3 is 14.4 Å². The summed E-state index contributed by atoms with van der Waals surface area (Å²) in [5, 5.41) is 7.52. The number of methoxy groups -OCH3 is 1. The molecule has 1 amide bonds. The number of carbonyl (C=O) groups excluding carboxylic acids is 1. The molecule has 2 unspecified atom stereocenters. The molecule has 1 aromatic rings. The fraction of sp³-hybridized carbons (Fsp3) is 0.643. The molecule has 1 N–H and O–H groups in total. The zero-order valence-corrected chi connectivity index (χ0v) is 12.8. The minimum absolute atomic E-state index is 0.0234. The zero-order valence-electron chi connectivity index (χ0n) is 12.0. The largest absolute Gasteiger partial charge is 0.382 e. The first kappa shape index (κ1) is 15.4. The fourth-order valence-corrected chi connectivity index (χ4v) is 3.00. The topological polar surface area (TPSA) is 50.8 Å². The second-order valence-corrected chi connectivity index (χ2v) is 5.50. The first-order valence-corrected chi connectivity index (χ1v) is 7.87. The quantitative estimate of drug-likeness (QED) is 0.741. The Morgan fingerprint density at radius 1 is 1.40 bits per heavy atom. The molecule has 6 heteroatoms. The fourth-order valence-electron chi connectivity index (χ4n) is 2.32. The van der Waals surface area contributed by atoms with Crippen LogP contribution in [0.4, 0.5) is 0 Å². The van der Waals surface area contributed by atoms with Gasteiger partial charge in [-0.1, -0.05) is 6.92 Å². The van der Waals surface area contributed by atoms with Crippen molar-refractivity contribution in [1.29, 1.82) is 0 Å². The highest BCUT2D eigenvalue weighted by molar-refractivity contribution is 7.07. The summed E-state index contributed by atoms with van der Waals surface area (Å²) >= 11 is 1.65. The van der Waals surface area contributed by atoms with E-state index in [1.54, 1.807) is 18.4 Å². The molecule has 0 radical (unpaired) electrons. The van der Waals surface area contributed by atoms with Gasteiger partial charge in [0, 0.05) is 13.7 Å². The summed E-state index contributed by atoms with van der Waals surface area (Å²) in [5.41, 5.74) is 1.15. The normalized spacial score (nSPS) is 22.7. The lowest BCUT2D eigenvalue weighted by Gasteiger charge is -2.23. The lowest BCUT2D eigenvalue weighted by Crippen LogP contribution is -2.34. The molecule has 2 atom stereocenters. The van der Waals surface area contributed by atoms with Gasteiger partial charge in [0.05, 0.1) is 25.9 Å². The van der Waals surface area contributed by atoms with Gasteiger partial charge in [-0.05, 0) is 28.8 Å². The smallest absolute Gasteiger partial charge is 0.241 e. The molecule has 1 aromatic heterocycles. The maximum Gasteiger partial charge on any atom is 0.241 e. The summed E-state index contributed by atoms with van der Waals surface area (Å²) in [6.07, 6.45) is 0.783. The molecule has 2 rings (SSSR count). The van der Waals surface area contributed by atoms with Crippen molar-refractivity contribution in [3.8, 4) is 0 Å². The van der Waals surface area contributed by atoms with Crippen molar-refractivity contribution >= 4 is 17.2 Å². The second kappa shape index (κ2) is 7.73. The molecule has 1 aliphatic heterocycles. The standard InChI is InChI=1S/C14H22N2O3S/c1-3-12-14(17)16(5-6-19-8-7-18-2)13(15-12)11-4-9-20-10-11/h4,9-10,12-13,15H,3,5-8H2,1-2H3. The van der Waals surface area contributed by atoms with E-state index in [-0.39, 0.29) is 18.1 Å². The molecule has 0 bridgehead atoms. The van der Waals surface area contributed by atoms with E-state index in [9.17, 15) is 4.79 Å². The van der Waals surface area contributed by atoms with E-state index < -0.39 is 0 Å². The van der Waals surface area contributed by atoms with Crippen LogP contribution < -0.4 is 5.32 Å². The van der Waals surface area contributed by atoms with Crippen molar-refractivity contribution in [3.05, 3.63) is 22.4 Å². The third kappa shape index (κ3) is 3.58. The Morgan fingerprint density at radius 2 is 2.25 bits per heavy atom.